The summed E-state index contributed by atoms with van der Waals surface area (Å²) in [5.74, 6) is -0.498. The number of nitrogens with zero attached hydrogens (tertiary/aromatic N) is 2. The SMILES string of the molecule is O=C1S/C(=C/c2cc([N+](=O)[O-])ccc2Cl)C(=O)N1Cc1ccccc1Cl. The first-order valence-corrected chi connectivity index (χ1v) is 8.87. The number of benzene rings is 2. The Morgan fingerprint density at radius 2 is 1.85 bits per heavy atom. The Morgan fingerprint density at radius 3 is 2.54 bits per heavy atom. The molecule has 0 radical (unpaired) electrons. The zero-order chi connectivity index (χ0) is 18.8. The van der Waals surface area contributed by atoms with Gasteiger partial charge in [0, 0.05) is 27.7 Å². The third-order valence-corrected chi connectivity index (χ3v) is 5.26. The monoisotopic (exact) mass is 408 g/mol. The zero-order valence-electron chi connectivity index (χ0n) is 13.0. The van der Waals surface area contributed by atoms with Gasteiger partial charge in [0.2, 0.25) is 0 Å². The fourth-order valence-electron chi connectivity index (χ4n) is 2.33. The summed E-state index contributed by atoms with van der Waals surface area (Å²) >= 11 is 12.9. The van der Waals surface area contributed by atoms with Crippen LogP contribution in [0.5, 0.6) is 0 Å². The zero-order valence-corrected chi connectivity index (χ0v) is 15.3. The lowest BCUT2D eigenvalue weighted by atomic mass is 10.1. The molecule has 0 aromatic heterocycles. The topological polar surface area (TPSA) is 80.5 Å². The van der Waals surface area contributed by atoms with Crippen molar-refractivity contribution in [2.24, 2.45) is 0 Å². The van der Waals surface area contributed by atoms with Crippen LogP contribution in [0, 0.1) is 10.1 Å². The van der Waals surface area contributed by atoms with Crippen molar-refractivity contribution in [1.82, 2.24) is 4.90 Å². The molecule has 6 nitrogen and oxygen atoms in total. The van der Waals surface area contributed by atoms with E-state index >= 15 is 0 Å². The molecule has 0 saturated carbocycles. The quantitative estimate of drug-likeness (QED) is 0.397. The Bertz CT molecular complexity index is 962. The van der Waals surface area contributed by atoms with Crippen LogP contribution in [0.1, 0.15) is 11.1 Å². The average molecular weight is 409 g/mol. The van der Waals surface area contributed by atoms with Gasteiger partial charge in [0.25, 0.3) is 16.8 Å². The van der Waals surface area contributed by atoms with E-state index in [1.54, 1.807) is 24.3 Å². The van der Waals surface area contributed by atoms with E-state index in [4.69, 9.17) is 23.2 Å². The first kappa shape index (κ1) is 18.4. The van der Waals surface area contributed by atoms with Gasteiger partial charge in [0.1, 0.15) is 0 Å². The largest absolute Gasteiger partial charge is 0.293 e. The maximum atomic E-state index is 12.6. The van der Waals surface area contributed by atoms with E-state index in [1.165, 1.54) is 24.3 Å². The predicted octanol–water partition coefficient (Wildman–Crippen LogP) is 5.14. The van der Waals surface area contributed by atoms with Gasteiger partial charge in [0.05, 0.1) is 16.4 Å². The number of nitro groups is 1. The van der Waals surface area contributed by atoms with Gasteiger partial charge in [-0.05, 0) is 35.5 Å². The van der Waals surface area contributed by atoms with Crippen molar-refractivity contribution < 1.29 is 14.5 Å². The number of imide groups is 1. The minimum atomic E-state index is -0.559. The normalized spacial score (nSPS) is 15.8. The number of nitro benzene ring substituents is 1. The molecule has 0 atom stereocenters. The van der Waals surface area contributed by atoms with Crippen molar-refractivity contribution in [3.05, 3.63) is 78.7 Å². The molecule has 0 bridgehead atoms. The van der Waals surface area contributed by atoms with E-state index < -0.39 is 16.1 Å². The third kappa shape index (κ3) is 3.75. The number of halogens is 2. The van der Waals surface area contributed by atoms with E-state index in [2.05, 4.69) is 0 Å². The molecule has 2 amide bonds. The molecule has 2 aromatic rings. The Balaban J connectivity index is 1.89. The lowest BCUT2D eigenvalue weighted by Gasteiger charge is -2.13. The standard InChI is InChI=1S/C17H10Cl2N2O4S/c18-13-4-2-1-3-10(13)9-20-16(22)15(26-17(20)23)8-11-7-12(21(24)25)5-6-14(11)19/h1-8H,9H2/b15-8+. The van der Waals surface area contributed by atoms with E-state index in [9.17, 15) is 19.7 Å². The minimum Gasteiger partial charge on any atom is -0.268 e. The Labute approximate surface area is 162 Å². The summed E-state index contributed by atoms with van der Waals surface area (Å²) in [6, 6.07) is 10.8. The van der Waals surface area contributed by atoms with Gasteiger partial charge in [-0.15, -0.1) is 0 Å². The van der Waals surface area contributed by atoms with E-state index in [1.807, 2.05) is 0 Å². The number of rotatable bonds is 4. The van der Waals surface area contributed by atoms with Gasteiger partial charge in [0.15, 0.2) is 0 Å². The highest BCUT2D eigenvalue weighted by Crippen LogP contribution is 2.35. The summed E-state index contributed by atoms with van der Waals surface area (Å²) < 4.78 is 0. The lowest BCUT2D eigenvalue weighted by molar-refractivity contribution is -0.384. The smallest absolute Gasteiger partial charge is 0.268 e. The maximum absolute atomic E-state index is 12.6. The number of hydrogen-bond donors (Lipinski definition) is 0. The summed E-state index contributed by atoms with van der Waals surface area (Å²) in [5.41, 5.74) is 0.783. The number of non-ortho nitro benzene ring substituents is 1. The number of hydrogen-bond acceptors (Lipinski definition) is 5. The van der Waals surface area contributed by atoms with Gasteiger partial charge >= 0.3 is 0 Å². The minimum absolute atomic E-state index is 0.0460. The van der Waals surface area contributed by atoms with Crippen molar-refractivity contribution in [3.8, 4) is 0 Å². The summed E-state index contributed by atoms with van der Waals surface area (Å²) in [7, 11) is 0. The molecule has 3 rings (SSSR count). The van der Waals surface area contributed by atoms with E-state index in [0.29, 0.717) is 16.1 Å². The van der Waals surface area contributed by atoms with Gasteiger partial charge in [-0.2, -0.15) is 0 Å². The molecule has 0 spiro atoms. The molecule has 1 aliphatic heterocycles. The molecule has 1 heterocycles. The highest BCUT2D eigenvalue weighted by Gasteiger charge is 2.35. The molecule has 0 N–H and O–H groups in total. The Hall–Kier alpha value is -2.35. The van der Waals surface area contributed by atoms with E-state index in [-0.39, 0.29) is 22.2 Å². The molecule has 1 fully saturated rings. The fourth-order valence-corrected chi connectivity index (χ4v) is 3.53. The Morgan fingerprint density at radius 1 is 1.12 bits per heavy atom. The van der Waals surface area contributed by atoms with Crippen LogP contribution >= 0.6 is 35.0 Å². The van der Waals surface area contributed by atoms with Gasteiger partial charge in [-0.1, -0.05) is 41.4 Å². The van der Waals surface area contributed by atoms with Gasteiger partial charge in [-0.3, -0.25) is 24.6 Å². The van der Waals surface area contributed by atoms with Crippen LogP contribution in [0.3, 0.4) is 0 Å². The summed E-state index contributed by atoms with van der Waals surface area (Å²) in [5, 5.41) is 11.2. The molecule has 132 valence electrons. The number of thioether (sulfide) groups is 1. The second kappa shape index (κ2) is 7.49. The van der Waals surface area contributed by atoms with Gasteiger partial charge < -0.3 is 0 Å². The molecule has 1 saturated heterocycles. The first-order chi connectivity index (χ1) is 12.4. The van der Waals surface area contributed by atoms with Crippen molar-refractivity contribution in [2.75, 3.05) is 0 Å². The molecule has 2 aromatic carbocycles. The molecule has 0 aliphatic carbocycles. The third-order valence-electron chi connectivity index (χ3n) is 3.64. The van der Waals surface area contributed by atoms with Crippen LogP contribution in [0.15, 0.2) is 47.4 Å². The van der Waals surface area contributed by atoms with Crippen molar-refractivity contribution in [1.29, 1.82) is 0 Å². The van der Waals surface area contributed by atoms with Crippen molar-refractivity contribution in [3.63, 3.8) is 0 Å². The summed E-state index contributed by atoms with van der Waals surface area (Å²) in [6.45, 7) is 0.0460. The second-order valence-corrected chi connectivity index (χ2v) is 7.13. The van der Waals surface area contributed by atoms with Crippen molar-refractivity contribution >= 4 is 57.9 Å². The Kier molecular flexibility index (Phi) is 5.31. The lowest BCUT2D eigenvalue weighted by Crippen LogP contribution is -2.27. The average Bonchev–Trinajstić information content (AvgIpc) is 2.86. The second-order valence-electron chi connectivity index (χ2n) is 5.32. The van der Waals surface area contributed by atoms with Crippen LogP contribution < -0.4 is 0 Å². The van der Waals surface area contributed by atoms with Crippen LogP contribution in [0.2, 0.25) is 10.0 Å². The number of carbonyl (C=O) groups excluding carboxylic acids is 2. The molecule has 1 aliphatic rings. The molecule has 0 unspecified atom stereocenters. The predicted molar refractivity (Wildman–Crippen MR) is 101 cm³/mol. The maximum Gasteiger partial charge on any atom is 0.293 e. The van der Waals surface area contributed by atoms with E-state index in [0.717, 1.165) is 16.7 Å². The van der Waals surface area contributed by atoms with Gasteiger partial charge in [-0.25, -0.2) is 0 Å². The highest BCUT2D eigenvalue weighted by molar-refractivity contribution is 8.18. The molecule has 26 heavy (non-hydrogen) atoms. The molecular formula is C17H10Cl2N2O4S. The van der Waals surface area contributed by atoms with Crippen LogP contribution in [-0.4, -0.2) is 21.0 Å². The number of amides is 2. The van der Waals surface area contributed by atoms with Crippen LogP contribution in [0.25, 0.3) is 6.08 Å². The highest BCUT2D eigenvalue weighted by atomic mass is 35.5. The fraction of sp³-hybridized carbons (Fsp3) is 0.0588. The number of carbonyl (C=O) groups is 2. The molecular weight excluding hydrogens is 399 g/mol. The van der Waals surface area contributed by atoms with Crippen LogP contribution in [-0.2, 0) is 11.3 Å². The van der Waals surface area contributed by atoms with Crippen molar-refractivity contribution in [2.45, 2.75) is 6.54 Å². The summed E-state index contributed by atoms with van der Waals surface area (Å²) in [4.78, 5) is 36.3. The molecule has 9 heteroatoms. The first-order valence-electron chi connectivity index (χ1n) is 7.29. The summed E-state index contributed by atoms with van der Waals surface area (Å²) in [6.07, 6.45) is 1.38. The van der Waals surface area contributed by atoms with Crippen LogP contribution in [0.4, 0.5) is 10.5 Å².